The van der Waals surface area contributed by atoms with Crippen LogP contribution in [0.4, 0.5) is 5.69 Å². The Labute approximate surface area is 97.6 Å². The highest BCUT2D eigenvalue weighted by molar-refractivity contribution is 5.93. The zero-order chi connectivity index (χ0) is 13.0. The van der Waals surface area contributed by atoms with Gasteiger partial charge in [0.1, 0.15) is 11.3 Å². The lowest BCUT2D eigenvalue weighted by Crippen LogP contribution is -2.16. The average Bonchev–Trinajstić information content (AvgIpc) is 2.19. The molecule has 0 unspecified atom stereocenters. The molecule has 0 heterocycles. The van der Waals surface area contributed by atoms with Crippen molar-refractivity contribution in [3.05, 3.63) is 23.8 Å². The van der Waals surface area contributed by atoms with Crippen LogP contribution in [0.25, 0.3) is 0 Å². The minimum absolute atomic E-state index is 0.0858. The number of ether oxygens (including phenoxy) is 1. The first-order valence-electron chi connectivity index (χ1n) is 4.91. The van der Waals surface area contributed by atoms with E-state index in [1.807, 2.05) is 0 Å². The van der Waals surface area contributed by atoms with Crippen LogP contribution in [0.5, 0.6) is 5.75 Å². The Kier molecular flexibility index (Phi) is 4.06. The van der Waals surface area contributed by atoms with Crippen molar-refractivity contribution in [1.82, 2.24) is 0 Å². The third-order valence-electron chi connectivity index (χ3n) is 1.92. The number of aliphatic hydroxyl groups is 1. The van der Waals surface area contributed by atoms with Crippen molar-refractivity contribution < 1.29 is 24.5 Å². The fourth-order valence-corrected chi connectivity index (χ4v) is 1.21. The monoisotopic (exact) mass is 239 g/mol. The number of aromatic carboxylic acids is 1. The molecule has 0 amide bonds. The Morgan fingerprint density at radius 2 is 2.12 bits per heavy atom. The SMILES string of the molecule is C[C@@H](O)CC(=O)Oc1ccc(N)cc1C(=O)O. The minimum Gasteiger partial charge on any atom is -0.478 e. The van der Waals surface area contributed by atoms with E-state index in [1.165, 1.54) is 25.1 Å². The fraction of sp³-hybridized carbons (Fsp3) is 0.273. The maximum Gasteiger partial charge on any atom is 0.339 e. The standard InChI is InChI=1S/C11H13NO5/c1-6(13)4-10(14)17-9-3-2-7(12)5-8(9)11(15)16/h2-3,5-6,13H,4,12H2,1H3,(H,15,16)/t6-/m1/s1. The van der Waals surface area contributed by atoms with Gasteiger partial charge in [-0.05, 0) is 25.1 Å². The van der Waals surface area contributed by atoms with E-state index in [4.69, 9.17) is 20.7 Å². The molecular weight excluding hydrogens is 226 g/mol. The van der Waals surface area contributed by atoms with Crippen LogP contribution < -0.4 is 10.5 Å². The van der Waals surface area contributed by atoms with Crippen LogP contribution in [0.3, 0.4) is 0 Å². The largest absolute Gasteiger partial charge is 0.478 e. The zero-order valence-electron chi connectivity index (χ0n) is 9.21. The van der Waals surface area contributed by atoms with Crippen molar-refractivity contribution in [3.8, 4) is 5.75 Å². The summed E-state index contributed by atoms with van der Waals surface area (Å²) in [4.78, 5) is 22.2. The summed E-state index contributed by atoms with van der Waals surface area (Å²) in [6.07, 6.45) is -1.05. The van der Waals surface area contributed by atoms with E-state index >= 15 is 0 Å². The van der Waals surface area contributed by atoms with Gasteiger partial charge in [-0.15, -0.1) is 0 Å². The number of esters is 1. The summed E-state index contributed by atoms with van der Waals surface area (Å²) in [5.74, 6) is -2.03. The first-order valence-corrected chi connectivity index (χ1v) is 4.91. The van der Waals surface area contributed by atoms with Crippen molar-refractivity contribution in [2.75, 3.05) is 5.73 Å². The van der Waals surface area contributed by atoms with E-state index in [-0.39, 0.29) is 23.4 Å². The number of carboxylic acids is 1. The molecule has 0 aliphatic heterocycles. The second-order valence-electron chi connectivity index (χ2n) is 3.59. The van der Waals surface area contributed by atoms with E-state index in [2.05, 4.69) is 0 Å². The predicted molar refractivity (Wildman–Crippen MR) is 59.7 cm³/mol. The molecule has 6 heteroatoms. The van der Waals surface area contributed by atoms with Crippen molar-refractivity contribution in [2.45, 2.75) is 19.4 Å². The maximum atomic E-state index is 11.3. The molecule has 4 N–H and O–H groups in total. The Morgan fingerprint density at radius 3 is 2.65 bits per heavy atom. The number of carbonyl (C=O) groups is 2. The van der Waals surface area contributed by atoms with Crippen molar-refractivity contribution in [2.24, 2.45) is 0 Å². The third kappa shape index (κ3) is 3.76. The summed E-state index contributed by atoms with van der Waals surface area (Å²) in [6.45, 7) is 1.43. The van der Waals surface area contributed by atoms with Crippen LogP contribution >= 0.6 is 0 Å². The number of rotatable bonds is 4. The Bertz CT molecular complexity index is 441. The average molecular weight is 239 g/mol. The van der Waals surface area contributed by atoms with Crippen LogP contribution in [0.1, 0.15) is 23.7 Å². The second-order valence-corrected chi connectivity index (χ2v) is 3.59. The van der Waals surface area contributed by atoms with Gasteiger partial charge in [0.05, 0.1) is 12.5 Å². The van der Waals surface area contributed by atoms with Gasteiger partial charge >= 0.3 is 11.9 Å². The molecule has 0 saturated heterocycles. The fourth-order valence-electron chi connectivity index (χ4n) is 1.21. The molecule has 0 aromatic heterocycles. The van der Waals surface area contributed by atoms with Gasteiger partial charge in [0, 0.05) is 5.69 Å². The van der Waals surface area contributed by atoms with Gasteiger partial charge in [0.25, 0.3) is 0 Å². The van der Waals surface area contributed by atoms with Gasteiger partial charge in [-0.3, -0.25) is 4.79 Å². The Morgan fingerprint density at radius 1 is 1.47 bits per heavy atom. The molecule has 1 aromatic rings. The quantitative estimate of drug-likeness (QED) is 0.404. The Balaban J connectivity index is 2.91. The highest BCUT2D eigenvalue weighted by atomic mass is 16.5. The molecule has 0 radical (unpaired) electrons. The molecule has 0 fully saturated rings. The van der Waals surface area contributed by atoms with Gasteiger partial charge in [0.2, 0.25) is 0 Å². The lowest BCUT2D eigenvalue weighted by Gasteiger charge is -2.08. The smallest absolute Gasteiger partial charge is 0.339 e. The molecule has 0 spiro atoms. The number of anilines is 1. The Hall–Kier alpha value is -2.08. The molecule has 0 bridgehead atoms. The topological polar surface area (TPSA) is 110 Å². The molecular formula is C11H13NO5. The van der Waals surface area contributed by atoms with Crippen LogP contribution in [-0.2, 0) is 4.79 Å². The summed E-state index contributed by atoms with van der Waals surface area (Å²) in [7, 11) is 0. The number of benzene rings is 1. The summed E-state index contributed by atoms with van der Waals surface area (Å²) >= 11 is 0. The van der Waals surface area contributed by atoms with Gasteiger partial charge in [-0.25, -0.2) is 4.79 Å². The molecule has 1 rings (SSSR count). The molecule has 0 aliphatic rings. The van der Waals surface area contributed by atoms with Crippen molar-refractivity contribution in [3.63, 3.8) is 0 Å². The summed E-state index contributed by atoms with van der Waals surface area (Å²) < 4.78 is 4.84. The molecule has 17 heavy (non-hydrogen) atoms. The van der Waals surface area contributed by atoms with Gasteiger partial charge in [-0.2, -0.15) is 0 Å². The first-order chi connectivity index (χ1) is 7.90. The second kappa shape index (κ2) is 5.31. The predicted octanol–water partition coefficient (Wildman–Crippen LogP) is 0.643. The highest BCUT2D eigenvalue weighted by Gasteiger charge is 2.16. The molecule has 1 aromatic carbocycles. The number of carbonyl (C=O) groups excluding carboxylic acids is 1. The number of nitrogen functional groups attached to an aromatic ring is 1. The van der Waals surface area contributed by atoms with Crippen LogP contribution in [-0.4, -0.2) is 28.3 Å². The summed E-state index contributed by atoms with van der Waals surface area (Å²) in [5, 5.41) is 17.9. The minimum atomic E-state index is -1.24. The number of carboxylic acid groups (broad SMARTS) is 1. The van der Waals surface area contributed by atoms with E-state index in [0.717, 1.165) is 0 Å². The molecule has 1 atom stereocenters. The van der Waals surface area contributed by atoms with Crippen LogP contribution in [0.15, 0.2) is 18.2 Å². The number of nitrogens with two attached hydrogens (primary N) is 1. The van der Waals surface area contributed by atoms with Crippen LogP contribution in [0, 0.1) is 0 Å². The zero-order valence-corrected chi connectivity index (χ0v) is 9.21. The van der Waals surface area contributed by atoms with E-state index in [1.54, 1.807) is 0 Å². The molecule has 92 valence electrons. The summed E-state index contributed by atoms with van der Waals surface area (Å²) in [6, 6.07) is 3.93. The first kappa shape index (κ1) is 13.0. The van der Waals surface area contributed by atoms with Crippen LogP contribution in [0.2, 0.25) is 0 Å². The lowest BCUT2D eigenvalue weighted by molar-refractivity contribution is -0.136. The van der Waals surface area contributed by atoms with Gasteiger partial charge < -0.3 is 20.7 Å². The van der Waals surface area contributed by atoms with Crippen molar-refractivity contribution in [1.29, 1.82) is 0 Å². The molecule has 0 aliphatic carbocycles. The highest BCUT2D eigenvalue weighted by Crippen LogP contribution is 2.22. The normalized spacial score (nSPS) is 11.9. The molecule has 6 nitrogen and oxygen atoms in total. The van der Waals surface area contributed by atoms with Gasteiger partial charge in [-0.1, -0.05) is 0 Å². The summed E-state index contributed by atoms with van der Waals surface area (Å²) in [5.41, 5.74) is 5.50. The number of hydrogen-bond donors (Lipinski definition) is 3. The lowest BCUT2D eigenvalue weighted by atomic mass is 10.2. The number of aliphatic hydroxyl groups excluding tert-OH is 1. The van der Waals surface area contributed by atoms with E-state index in [0.29, 0.717) is 0 Å². The van der Waals surface area contributed by atoms with Gasteiger partial charge in [0.15, 0.2) is 0 Å². The van der Waals surface area contributed by atoms with Crippen molar-refractivity contribution >= 4 is 17.6 Å². The maximum absolute atomic E-state index is 11.3. The third-order valence-corrected chi connectivity index (χ3v) is 1.92. The van der Waals surface area contributed by atoms with E-state index in [9.17, 15) is 9.59 Å². The number of hydrogen-bond acceptors (Lipinski definition) is 5. The van der Waals surface area contributed by atoms with E-state index < -0.39 is 18.0 Å². The molecule has 0 saturated carbocycles.